The summed E-state index contributed by atoms with van der Waals surface area (Å²) in [6.45, 7) is 8.94. The highest BCUT2D eigenvalue weighted by Gasteiger charge is 2.62. The lowest BCUT2D eigenvalue weighted by Crippen LogP contribution is -2.57. The van der Waals surface area contributed by atoms with E-state index in [4.69, 9.17) is 0 Å². The van der Waals surface area contributed by atoms with Gasteiger partial charge in [0.1, 0.15) is 5.78 Å². The van der Waals surface area contributed by atoms with E-state index in [-0.39, 0.29) is 23.5 Å². The standard InChI is InChI=1S/C30H51NO3/c1-20(2)31-27(34)11-9-7-5-6-8-10-21-18-22-19-23(32)14-16-29(22,3)25-15-17-30(4)24(28(21)25)12-13-26(30)33/h20-22,24-26,28,33H,5-19H2,1-4H3,(H,31,34)/t21-,22+,24+,25+,26+,28+,29+,30+/m1/s1. The molecule has 0 unspecified atom stereocenters. The van der Waals surface area contributed by atoms with Crippen molar-refractivity contribution in [2.24, 2.45) is 40.4 Å². The molecule has 0 bridgehead atoms. The second-order valence-corrected chi connectivity index (χ2v) is 13.4. The molecule has 34 heavy (non-hydrogen) atoms. The van der Waals surface area contributed by atoms with Crippen LogP contribution in [0.1, 0.15) is 124 Å². The average molecular weight is 474 g/mol. The van der Waals surface area contributed by atoms with Crippen molar-refractivity contribution in [3.63, 3.8) is 0 Å². The molecule has 4 fully saturated rings. The van der Waals surface area contributed by atoms with Gasteiger partial charge in [0, 0.05) is 25.3 Å². The number of carbonyl (C=O) groups excluding carboxylic acids is 2. The van der Waals surface area contributed by atoms with E-state index in [1.807, 2.05) is 13.8 Å². The maximum Gasteiger partial charge on any atom is 0.220 e. The SMILES string of the molecule is CC(C)NC(=O)CCCCCCC[C@@H]1C[C@H]2CC(=O)CC[C@]2(C)[C@H]2CC[C@]3(C)[C@@H](O)CC[C@H]3[C@H]12. The summed E-state index contributed by atoms with van der Waals surface area (Å²) >= 11 is 0. The Labute approximate surface area is 208 Å². The number of carbonyl (C=O) groups is 2. The summed E-state index contributed by atoms with van der Waals surface area (Å²) in [4.78, 5) is 24.2. The van der Waals surface area contributed by atoms with Gasteiger partial charge < -0.3 is 10.4 Å². The third-order valence-corrected chi connectivity index (χ3v) is 11.0. The molecule has 4 aliphatic rings. The van der Waals surface area contributed by atoms with E-state index in [0.29, 0.717) is 29.5 Å². The Morgan fingerprint density at radius 1 is 1.00 bits per heavy atom. The fraction of sp³-hybridized carbons (Fsp3) is 0.933. The number of amides is 1. The van der Waals surface area contributed by atoms with E-state index in [1.165, 1.54) is 51.4 Å². The first-order chi connectivity index (χ1) is 16.1. The molecule has 4 nitrogen and oxygen atoms in total. The van der Waals surface area contributed by atoms with Crippen LogP contribution in [-0.2, 0) is 9.59 Å². The Balaban J connectivity index is 1.35. The molecule has 4 rings (SSSR count). The molecule has 0 aromatic heterocycles. The average Bonchev–Trinajstić information content (AvgIpc) is 3.08. The maximum absolute atomic E-state index is 12.4. The van der Waals surface area contributed by atoms with Crippen LogP contribution in [0.25, 0.3) is 0 Å². The van der Waals surface area contributed by atoms with Crippen molar-refractivity contribution in [2.75, 3.05) is 0 Å². The van der Waals surface area contributed by atoms with Gasteiger partial charge in [-0.05, 0) is 99.2 Å². The summed E-state index contributed by atoms with van der Waals surface area (Å²) in [5, 5.41) is 13.9. The van der Waals surface area contributed by atoms with E-state index < -0.39 is 0 Å². The highest BCUT2D eigenvalue weighted by molar-refractivity contribution is 5.79. The molecule has 8 atom stereocenters. The van der Waals surface area contributed by atoms with Crippen molar-refractivity contribution in [3.05, 3.63) is 0 Å². The van der Waals surface area contributed by atoms with Gasteiger partial charge >= 0.3 is 0 Å². The molecule has 0 heterocycles. The van der Waals surface area contributed by atoms with Crippen molar-refractivity contribution in [2.45, 2.75) is 136 Å². The normalized spacial score (nSPS) is 41.6. The van der Waals surface area contributed by atoms with E-state index >= 15 is 0 Å². The summed E-state index contributed by atoms with van der Waals surface area (Å²) < 4.78 is 0. The molecule has 0 aliphatic heterocycles. The van der Waals surface area contributed by atoms with Gasteiger partial charge in [0.15, 0.2) is 0 Å². The number of hydrogen-bond donors (Lipinski definition) is 2. The number of rotatable bonds is 9. The van der Waals surface area contributed by atoms with Crippen molar-refractivity contribution >= 4 is 11.7 Å². The molecular weight excluding hydrogens is 422 g/mol. The van der Waals surface area contributed by atoms with Crippen molar-refractivity contribution in [1.29, 1.82) is 0 Å². The van der Waals surface area contributed by atoms with Gasteiger partial charge in [-0.25, -0.2) is 0 Å². The third kappa shape index (κ3) is 5.13. The Bertz CT molecular complexity index is 735. The predicted molar refractivity (Wildman–Crippen MR) is 137 cm³/mol. The lowest BCUT2D eigenvalue weighted by atomic mass is 9.42. The zero-order valence-corrected chi connectivity index (χ0v) is 22.4. The van der Waals surface area contributed by atoms with Gasteiger partial charge in [0.05, 0.1) is 6.10 Å². The fourth-order valence-corrected chi connectivity index (χ4v) is 9.11. The maximum atomic E-state index is 12.4. The largest absolute Gasteiger partial charge is 0.393 e. The Hall–Kier alpha value is -0.900. The van der Waals surface area contributed by atoms with Gasteiger partial charge in [-0.3, -0.25) is 9.59 Å². The topological polar surface area (TPSA) is 66.4 Å². The first-order valence-corrected chi connectivity index (χ1v) is 14.6. The van der Waals surface area contributed by atoms with Gasteiger partial charge in [0.2, 0.25) is 5.91 Å². The van der Waals surface area contributed by atoms with Gasteiger partial charge in [-0.2, -0.15) is 0 Å². The van der Waals surface area contributed by atoms with Crippen LogP contribution in [0, 0.1) is 40.4 Å². The molecule has 4 heteroatoms. The molecule has 4 aliphatic carbocycles. The number of ketones is 1. The molecule has 0 spiro atoms. The molecule has 1 amide bonds. The van der Waals surface area contributed by atoms with Gasteiger partial charge in [0.25, 0.3) is 0 Å². The summed E-state index contributed by atoms with van der Waals surface area (Å²) in [7, 11) is 0. The zero-order valence-electron chi connectivity index (χ0n) is 22.4. The molecule has 4 saturated carbocycles. The second-order valence-electron chi connectivity index (χ2n) is 13.4. The van der Waals surface area contributed by atoms with Gasteiger partial charge in [-0.1, -0.05) is 46.0 Å². The fourth-order valence-electron chi connectivity index (χ4n) is 9.11. The van der Waals surface area contributed by atoms with Crippen LogP contribution in [-0.4, -0.2) is 28.9 Å². The number of fused-ring (bicyclic) bond motifs is 5. The lowest BCUT2D eigenvalue weighted by molar-refractivity contribution is -0.156. The number of unbranched alkanes of at least 4 members (excludes halogenated alkanes) is 4. The monoisotopic (exact) mass is 473 g/mol. The van der Waals surface area contributed by atoms with Crippen LogP contribution < -0.4 is 5.32 Å². The van der Waals surface area contributed by atoms with Crippen LogP contribution in [0.2, 0.25) is 0 Å². The number of hydrogen-bond acceptors (Lipinski definition) is 3. The smallest absolute Gasteiger partial charge is 0.220 e. The van der Waals surface area contributed by atoms with Crippen molar-refractivity contribution in [3.8, 4) is 0 Å². The Kier molecular flexibility index (Phi) is 8.17. The number of aliphatic hydroxyl groups is 1. The van der Waals surface area contributed by atoms with Crippen LogP contribution >= 0.6 is 0 Å². The van der Waals surface area contributed by atoms with E-state index in [2.05, 4.69) is 19.2 Å². The van der Waals surface area contributed by atoms with E-state index in [9.17, 15) is 14.7 Å². The first kappa shape index (κ1) is 26.2. The summed E-state index contributed by atoms with van der Waals surface area (Å²) in [6, 6.07) is 0.232. The van der Waals surface area contributed by atoms with Crippen LogP contribution in [0.3, 0.4) is 0 Å². The van der Waals surface area contributed by atoms with Crippen LogP contribution in [0.15, 0.2) is 0 Å². The molecule has 0 radical (unpaired) electrons. The molecule has 0 aromatic carbocycles. The van der Waals surface area contributed by atoms with E-state index in [1.54, 1.807) is 0 Å². The minimum absolute atomic E-state index is 0.115. The summed E-state index contributed by atoms with van der Waals surface area (Å²) in [6.07, 6.45) is 16.3. The number of nitrogens with one attached hydrogen (secondary N) is 1. The van der Waals surface area contributed by atoms with Crippen LogP contribution in [0.4, 0.5) is 0 Å². The highest BCUT2D eigenvalue weighted by Crippen LogP contribution is 2.67. The highest BCUT2D eigenvalue weighted by atomic mass is 16.3. The Morgan fingerprint density at radius 3 is 2.47 bits per heavy atom. The minimum Gasteiger partial charge on any atom is -0.393 e. The quantitative estimate of drug-likeness (QED) is 0.379. The lowest BCUT2D eigenvalue weighted by Gasteiger charge is -2.62. The van der Waals surface area contributed by atoms with Gasteiger partial charge in [-0.15, -0.1) is 0 Å². The molecule has 0 aromatic rings. The van der Waals surface area contributed by atoms with Crippen LogP contribution in [0.5, 0.6) is 0 Å². The zero-order chi connectivity index (χ0) is 24.5. The van der Waals surface area contributed by atoms with Crippen molar-refractivity contribution < 1.29 is 14.7 Å². The number of Topliss-reactive ketones (excluding diaryl/α,β-unsaturated/α-hetero) is 1. The van der Waals surface area contributed by atoms with Crippen molar-refractivity contribution in [1.82, 2.24) is 5.32 Å². The molecule has 194 valence electrons. The predicted octanol–water partition coefficient (Wildman–Crippen LogP) is 6.44. The molecular formula is C30H51NO3. The molecule has 0 saturated heterocycles. The first-order valence-electron chi connectivity index (χ1n) is 14.6. The number of aliphatic hydroxyl groups excluding tert-OH is 1. The second kappa shape index (κ2) is 10.6. The third-order valence-electron chi connectivity index (χ3n) is 11.0. The summed E-state index contributed by atoms with van der Waals surface area (Å²) in [5.41, 5.74) is 0.449. The van der Waals surface area contributed by atoms with E-state index in [0.717, 1.165) is 56.3 Å². The minimum atomic E-state index is -0.120. The molecule has 2 N–H and O–H groups in total. The summed E-state index contributed by atoms with van der Waals surface area (Å²) in [5.74, 6) is 4.14. The Morgan fingerprint density at radius 2 is 1.71 bits per heavy atom.